The van der Waals surface area contributed by atoms with E-state index in [1.807, 2.05) is 0 Å². The van der Waals surface area contributed by atoms with Crippen molar-refractivity contribution in [1.82, 2.24) is 0 Å². The van der Waals surface area contributed by atoms with Gasteiger partial charge in [-0.1, -0.05) is 34.8 Å². The van der Waals surface area contributed by atoms with Gasteiger partial charge >= 0.3 is 6.43 Å². The summed E-state index contributed by atoms with van der Waals surface area (Å²) < 4.78 is 52.6. The summed E-state index contributed by atoms with van der Waals surface area (Å²) in [5.74, 6) is -6.44. The van der Waals surface area contributed by atoms with Crippen LogP contribution in [0.25, 0.3) is 0 Å². The highest BCUT2D eigenvalue weighted by atomic mass is 79.9. The summed E-state index contributed by atoms with van der Waals surface area (Å²) in [5, 5.41) is 6.49. The largest absolute Gasteiger partial charge is 0.326 e. The van der Waals surface area contributed by atoms with Crippen molar-refractivity contribution in [2.45, 2.75) is 23.6 Å². The Bertz CT molecular complexity index is 1510. The summed E-state index contributed by atoms with van der Waals surface area (Å²) in [5.41, 5.74) is -1.38. The second-order valence-corrected chi connectivity index (χ2v) is 12.0. The van der Waals surface area contributed by atoms with Crippen LogP contribution < -0.4 is 16.0 Å². The molecule has 3 N–H and O–H groups in total. The minimum absolute atomic E-state index is 0.0241. The van der Waals surface area contributed by atoms with Gasteiger partial charge in [0.05, 0.1) is 32.7 Å². The molecule has 218 valence electrons. The number of anilines is 3. The Balaban J connectivity index is 1.73. The first-order valence-electron chi connectivity index (χ1n) is 11.1. The monoisotopic (exact) mass is 735 g/mol. The molecule has 0 saturated carbocycles. The van der Waals surface area contributed by atoms with Gasteiger partial charge in [0, 0.05) is 16.6 Å². The van der Waals surface area contributed by atoms with Crippen molar-refractivity contribution in [2.24, 2.45) is 0 Å². The first kappa shape index (κ1) is 33.2. The Labute approximate surface area is 263 Å². The van der Waals surface area contributed by atoms with E-state index in [-0.39, 0.29) is 34.1 Å². The Kier molecular flexibility index (Phi) is 11.2. The van der Waals surface area contributed by atoms with Gasteiger partial charge in [0.1, 0.15) is 15.8 Å². The third-order valence-corrected chi connectivity index (χ3v) is 7.73. The molecule has 0 atom stereocenters. The van der Waals surface area contributed by atoms with E-state index < -0.39 is 51.5 Å². The zero-order valence-corrected chi connectivity index (χ0v) is 25.4. The first-order valence-corrected chi connectivity index (χ1v) is 13.7. The van der Waals surface area contributed by atoms with E-state index in [9.17, 15) is 31.9 Å². The van der Waals surface area contributed by atoms with Crippen LogP contribution in [-0.4, -0.2) is 28.5 Å². The van der Waals surface area contributed by atoms with Gasteiger partial charge in [-0.2, -0.15) is 8.78 Å². The average Bonchev–Trinajstić information content (AvgIpc) is 2.86. The molecule has 3 rings (SSSR count). The summed E-state index contributed by atoms with van der Waals surface area (Å²) in [7, 11) is 0. The molecule has 0 aromatic heterocycles. The molecule has 0 spiro atoms. The number of halogens is 10. The van der Waals surface area contributed by atoms with Crippen LogP contribution in [0.3, 0.4) is 0 Å². The number of amides is 3. The summed E-state index contributed by atoms with van der Waals surface area (Å²) in [6, 6.07) is 8.46. The van der Waals surface area contributed by atoms with Gasteiger partial charge in [-0.25, -0.2) is 8.78 Å². The fraction of sp³-hybridized carbons (Fsp3) is 0.160. The molecule has 3 amide bonds. The number of rotatable bonds is 9. The van der Waals surface area contributed by atoms with Crippen molar-refractivity contribution in [3.8, 4) is 0 Å². The maximum atomic E-state index is 14.7. The van der Waals surface area contributed by atoms with Gasteiger partial charge in [-0.05, 0) is 64.0 Å². The normalized spacial score (nSPS) is 11.4. The fourth-order valence-corrected chi connectivity index (χ4v) is 5.15. The standard InChI is InChI=1S/C25H15BrCl5F4N3O3/c26-13-5-10(6-15(28)19(13)29)8-25(30,31)9-18(39)36-11-1-2-14(27)12(7-11)23(40)37-17-4-3-16(32)21(20(17)33)38-24(41)22(34)35/h1-7,22H,8-9H2,(H,36,39)(H,37,40)(H,38,41). The van der Waals surface area contributed by atoms with Crippen LogP contribution in [0.1, 0.15) is 22.3 Å². The predicted octanol–water partition coefficient (Wildman–Crippen LogP) is 8.89. The van der Waals surface area contributed by atoms with E-state index in [0.717, 1.165) is 12.1 Å². The molecule has 0 bridgehead atoms. The van der Waals surface area contributed by atoms with Gasteiger partial charge in [0.2, 0.25) is 5.91 Å². The van der Waals surface area contributed by atoms with E-state index >= 15 is 0 Å². The molecule has 41 heavy (non-hydrogen) atoms. The van der Waals surface area contributed by atoms with Crippen LogP contribution in [0.5, 0.6) is 0 Å². The van der Waals surface area contributed by atoms with Crippen molar-refractivity contribution in [3.63, 3.8) is 0 Å². The minimum atomic E-state index is -3.54. The number of alkyl halides is 4. The number of benzene rings is 3. The van der Waals surface area contributed by atoms with Crippen LogP contribution >= 0.6 is 73.9 Å². The third kappa shape index (κ3) is 8.86. The lowest BCUT2D eigenvalue weighted by Gasteiger charge is -2.20. The Morgan fingerprint density at radius 2 is 1.59 bits per heavy atom. The maximum absolute atomic E-state index is 14.7. The molecular formula is C25H15BrCl5F4N3O3. The molecule has 3 aromatic rings. The van der Waals surface area contributed by atoms with Gasteiger partial charge in [-0.3, -0.25) is 14.4 Å². The first-order chi connectivity index (χ1) is 19.1. The van der Waals surface area contributed by atoms with E-state index in [1.165, 1.54) is 17.4 Å². The zero-order valence-electron chi connectivity index (χ0n) is 20.0. The lowest BCUT2D eigenvalue weighted by Crippen LogP contribution is -2.26. The topological polar surface area (TPSA) is 87.3 Å². The summed E-state index contributed by atoms with van der Waals surface area (Å²) in [6.45, 7) is 0. The Hall–Kier alpha value is -2.28. The molecule has 0 aliphatic heterocycles. The molecule has 0 unspecified atom stereocenters. The highest BCUT2D eigenvalue weighted by molar-refractivity contribution is 9.10. The van der Waals surface area contributed by atoms with Gasteiger partial charge in [-0.15, -0.1) is 23.2 Å². The van der Waals surface area contributed by atoms with Crippen LogP contribution in [0.15, 0.2) is 46.9 Å². The van der Waals surface area contributed by atoms with Gasteiger partial charge < -0.3 is 16.0 Å². The second kappa shape index (κ2) is 13.8. The average molecular weight is 739 g/mol. The molecule has 0 aliphatic carbocycles. The third-order valence-electron chi connectivity index (χ3n) is 5.21. The molecule has 3 aromatic carbocycles. The van der Waals surface area contributed by atoms with Crippen molar-refractivity contribution in [1.29, 1.82) is 0 Å². The minimum Gasteiger partial charge on any atom is -0.326 e. The van der Waals surface area contributed by atoms with Crippen molar-refractivity contribution in [2.75, 3.05) is 16.0 Å². The molecule has 16 heteroatoms. The second-order valence-electron chi connectivity index (χ2n) is 8.35. The van der Waals surface area contributed by atoms with E-state index in [0.29, 0.717) is 21.1 Å². The smallest absolute Gasteiger partial charge is 0.315 e. The molecule has 0 fully saturated rings. The maximum Gasteiger partial charge on any atom is 0.315 e. The van der Waals surface area contributed by atoms with Gasteiger partial charge in [0.15, 0.2) is 5.82 Å². The summed E-state index contributed by atoms with van der Waals surface area (Å²) >= 11 is 34.2. The number of carbonyl (C=O) groups is 3. The van der Waals surface area contributed by atoms with Crippen molar-refractivity contribution in [3.05, 3.63) is 84.8 Å². The molecule has 0 radical (unpaired) electrons. The molecule has 0 saturated heterocycles. The Morgan fingerprint density at radius 1 is 0.902 bits per heavy atom. The van der Waals surface area contributed by atoms with E-state index in [2.05, 4.69) is 26.6 Å². The number of carbonyl (C=O) groups excluding carboxylic acids is 3. The Morgan fingerprint density at radius 3 is 2.22 bits per heavy atom. The number of hydrogen-bond donors (Lipinski definition) is 3. The quantitative estimate of drug-likeness (QED) is 0.117. The lowest BCUT2D eigenvalue weighted by molar-refractivity contribution is -0.126. The van der Waals surface area contributed by atoms with E-state index in [4.69, 9.17) is 58.0 Å². The molecular weight excluding hydrogens is 723 g/mol. The SMILES string of the molecule is O=C(CC(Cl)(Cl)Cc1cc(Cl)c(Cl)c(Br)c1)Nc1ccc(Cl)c(C(=O)Nc2ccc(F)c(NC(=O)C(F)F)c2F)c1. The highest BCUT2D eigenvalue weighted by Crippen LogP contribution is 2.36. The number of hydrogen-bond acceptors (Lipinski definition) is 3. The highest BCUT2D eigenvalue weighted by Gasteiger charge is 2.29. The zero-order chi connectivity index (χ0) is 30.6. The van der Waals surface area contributed by atoms with Crippen molar-refractivity contribution < 1.29 is 31.9 Å². The predicted molar refractivity (Wildman–Crippen MR) is 156 cm³/mol. The molecule has 6 nitrogen and oxygen atoms in total. The van der Waals surface area contributed by atoms with Crippen LogP contribution in [0.4, 0.5) is 34.6 Å². The van der Waals surface area contributed by atoms with Crippen LogP contribution in [0.2, 0.25) is 15.1 Å². The summed E-state index contributed by atoms with van der Waals surface area (Å²) in [6.07, 6.45) is -3.90. The van der Waals surface area contributed by atoms with E-state index in [1.54, 1.807) is 12.1 Å². The lowest BCUT2D eigenvalue weighted by atomic mass is 10.1. The van der Waals surface area contributed by atoms with Crippen LogP contribution in [0, 0.1) is 11.6 Å². The summed E-state index contributed by atoms with van der Waals surface area (Å²) in [4.78, 5) is 36.7. The van der Waals surface area contributed by atoms with Gasteiger partial charge in [0.25, 0.3) is 11.8 Å². The van der Waals surface area contributed by atoms with Crippen molar-refractivity contribution >= 4 is 109 Å². The van der Waals surface area contributed by atoms with Crippen LogP contribution in [-0.2, 0) is 16.0 Å². The molecule has 0 heterocycles. The number of nitrogens with one attached hydrogen (secondary N) is 3. The molecule has 0 aliphatic rings. The fourth-order valence-electron chi connectivity index (χ4n) is 3.42.